The number of aromatic nitrogens is 3. The zero-order chi connectivity index (χ0) is 9.68. The molecule has 0 amide bonds. The molecule has 0 bridgehead atoms. The highest BCUT2D eigenvalue weighted by Crippen LogP contribution is 2.02. The highest BCUT2D eigenvalue weighted by Gasteiger charge is 2.04. The third-order valence-electron chi connectivity index (χ3n) is 1.76. The molecule has 0 aliphatic carbocycles. The standard InChI is InChI=1S/C8H15N5/c1-4-5-10-6-7-11-12-8(9-2)13(7)3/h4,10H,1,5-6H2,2-3H3,(H,9,12). The van der Waals surface area contributed by atoms with Gasteiger partial charge in [0.15, 0.2) is 0 Å². The van der Waals surface area contributed by atoms with Gasteiger partial charge in [-0.2, -0.15) is 0 Å². The minimum absolute atomic E-state index is 0.706. The molecule has 0 atom stereocenters. The fourth-order valence-electron chi connectivity index (χ4n) is 1.02. The number of hydrogen-bond donors (Lipinski definition) is 2. The van der Waals surface area contributed by atoms with Crippen LogP contribution in [0.2, 0.25) is 0 Å². The van der Waals surface area contributed by atoms with Gasteiger partial charge in [0.05, 0.1) is 6.54 Å². The normalized spacial score (nSPS) is 10.0. The third-order valence-corrected chi connectivity index (χ3v) is 1.76. The minimum atomic E-state index is 0.706. The molecular formula is C8H15N5. The van der Waals surface area contributed by atoms with E-state index in [4.69, 9.17) is 0 Å². The van der Waals surface area contributed by atoms with Gasteiger partial charge in [0.2, 0.25) is 5.95 Å². The van der Waals surface area contributed by atoms with Crippen LogP contribution in [0.4, 0.5) is 5.95 Å². The number of rotatable bonds is 5. The lowest BCUT2D eigenvalue weighted by Gasteiger charge is -2.02. The van der Waals surface area contributed by atoms with Gasteiger partial charge in [-0.05, 0) is 0 Å². The first-order valence-electron chi connectivity index (χ1n) is 4.17. The van der Waals surface area contributed by atoms with Crippen molar-refractivity contribution in [2.24, 2.45) is 7.05 Å². The van der Waals surface area contributed by atoms with Crippen molar-refractivity contribution in [3.63, 3.8) is 0 Å². The number of nitrogens with one attached hydrogen (secondary N) is 2. The van der Waals surface area contributed by atoms with Gasteiger partial charge in [-0.25, -0.2) is 0 Å². The fraction of sp³-hybridized carbons (Fsp3) is 0.500. The SMILES string of the molecule is C=CCNCc1nnc(NC)n1C. The second-order valence-corrected chi connectivity index (χ2v) is 2.67. The molecule has 2 N–H and O–H groups in total. The molecule has 72 valence electrons. The number of anilines is 1. The van der Waals surface area contributed by atoms with E-state index < -0.39 is 0 Å². The Labute approximate surface area is 77.9 Å². The molecule has 1 rings (SSSR count). The van der Waals surface area contributed by atoms with Gasteiger partial charge in [-0.1, -0.05) is 6.08 Å². The Kier molecular flexibility index (Phi) is 3.45. The van der Waals surface area contributed by atoms with Crippen LogP contribution in [0.5, 0.6) is 0 Å². The molecule has 1 aromatic heterocycles. The molecule has 1 aromatic rings. The van der Waals surface area contributed by atoms with Crippen molar-refractivity contribution < 1.29 is 0 Å². The Hall–Kier alpha value is -1.36. The van der Waals surface area contributed by atoms with Gasteiger partial charge in [0, 0.05) is 20.6 Å². The van der Waals surface area contributed by atoms with Crippen LogP contribution in [0.3, 0.4) is 0 Å². The Morgan fingerprint density at radius 1 is 1.54 bits per heavy atom. The molecule has 5 nitrogen and oxygen atoms in total. The molecule has 5 heteroatoms. The summed E-state index contributed by atoms with van der Waals surface area (Å²) in [5, 5.41) is 14.1. The zero-order valence-electron chi connectivity index (χ0n) is 8.04. The molecule has 0 radical (unpaired) electrons. The summed E-state index contributed by atoms with van der Waals surface area (Å²) in [6, 6.07) is 0. The summed E-state index contributed by atoms with van der Waals surface area (Å²) in [6.45, 7) is 5.10. The average Bonchev–Trinajstić information content (AvgIpc) is 2.48. The summed E-state index contributed by atoms with van der Waals surface area (Å²) in [4.78, 5) is 0. The molecular weight excluding hydrogens is 166 g/mol. The van der Waals surface area contributed by atoms with E-state index in [0.29, 0.717) is 6.54 Å². The summed E-state index contributed by atoms with van der Waals surface area (Å²) in [5.41, 5.74) is 0. The zero-order valence-corrected chi connectivity index (χ0v) is 8.04. The van der Waals surface area contributed by atoms with Gasteiger partial charge in [-0.15, -0.1) is 16.8 Å². The average molecular weight is 181 g/mol. The first kappa shape index (κ1) is 9.73. The highest BCUT2D eigenvalue weighted by atomic mass is 15.3. The lowest BCUT2D eigenvalue weighted by Crippen LogP contribution is -2.16. The van der Waals surface area contributed by atoms with Crippen molar-refractivity contribution >= 4 is 5.95 Å². The van der Waals surface area contributed by atoms with E-state index in [1.807, 2.05) is 24.7 Å². The maximum absolute atomic E-state index is 4.01. The van der Waals surface area contributed by atoms with Crippen LogP contribution in [0.1, 0.15) is 5.82 Å². The van der Waals surface area contributed by atoms with Gasteiger partial charge in [0.1, 0.15) is 5.82 Å². The Balaban J connectivity index is 2.56. The molecule has 0 aliphatic heterocycles. The predicted molar refractivity (Wildman–Crippen MR) is 52.5 cm³/mol. The second-order valence-electron chi connectivity index (χ2n) is 2.67. The van der Waals surface area contributed by atoms with Gasteiger partial charge >= 0.3 is 0 Å². The van der Waals surface area contributed by atoms with Crippen LogP contribution < -0.4 is 10.6 Å². The number of nitrogens with zero attached hydrogens (tertiary/aromatic N) is 3. The van der Waals surface area contributed by atoms with Gasteiger partial charge in [-0.3, -0.25) is 4.57 Å². The molecule has 0 fully saturated rings. The summed E-state index contributed by atoms with van der Waals surface area (Å²) in [7, 11) is 3.75. The van der Waals surface area contributed by atoms with Crippen molar-refractivity contribution in [1.29, 1.82) is 0 Å². The van der Waals surface area contributed by atoms with Gasteiger partial charge in [0.25, 0.3) is 0 Å². The number of hydrogen-bond acceptors (Lipinski definition) is 4. The molecule has 0 unspecified atom stereocenters. The predicted octanol–water partition coefficient (Wildman–Crippen LogP) is 0.132. The van der Waals surface area contributed by atoms with Crippen LogP contribution in [-0.2, 0) is 13.6 Å². The third kappa shape index (κ3) is 2.29. The van der Waals surface area contributed by atoms with E-state index >= 15 is 0 Å². The van der Waals surface area contributed by atoms with Crippen molar-refractivity contribution in [1.82, 2.24) is 20.1 Å². The lowest BCUT2D eigenvalue weighted by molar-refractivity contribution is 0.680. The first-order valence-corrected chi connectivity index (χ1v) is 4.17. The van der Waals surface area contributed by atoms with Crippen molar-refractivity contribution in [3.05, 3.63) is 18.5 Å². The van der Waals surface area contributed by atoms with Crippen molar-refractivity contribution in [2.45, 2.75) is 6.54 Å². The summed E-state index contributed by atoms with van der Waals surface area (Å²) in [5.74, 6) is 1.68. The molecule has 13 heavy (non-hydrogen) atoms. The summed E-state index contributed by atoms with van der Waals surface area (Å²) >= 11 is 0. The molecule has 0 spiro atoms. The summed E-state index contributed by atoms with van der Waals surface area (Å²) < 4.78 is 1.91. The Morgan fingerprint density at radius 2 is 2.31 bits per heavy atom. The van der Waals surface area contributed by atoms with E-state index in [-0.39, 0.29) is 0 Å². The highest BCUT2D eigenvalue weighted by molar-refractivity contribution is 5.23. The first-order chi connectivity index (χ1) is 6.29. The summed E-state index contributed by atoms with van der Waals surface area (Å²) in [6.07, 6.45) is 1.81. The minimum Gasteiger partial charge on any atom is -0.357 e. The second kappa shape index (κ2) is 4.61. The molecule has 0 saturated carbocycles. The topological polar surface area (TPSA) is 54.8 Å². The largest absolute Gasteiger partial charge is 0.357 e. The van der Waals surface area contributed by atoms with Crippen molar-refractivity contribution in [2.75, 3.05) is 18.9 Å². The van der Waals surface area contributed by atoms with Crippen LogP contribution in [0.25, 0.3) is 0 Å². The Morgan fingerprint density at radius 3 is 2.85 bits per heavy atom. The molecule has 1 heterocycles. The van der Waals surface area contributed by atoms with E-state index in [0.717, 1.165) is 18.3 Å². The van der Waals surface area contributed by atoms with Gasteiger partial charge < -0.3 is 10.6 Å². The van der Waals surface area contributed by atoms with E-state index in [2.05, 4.69) is 27.4 Å². The maximum Gasteiger partial charge on any atom is 0.224 e. The van der Waals surface area contributed by atoms with Crippen LogP contribution in [0.15, 0.2) is 12.7 Å². The lowest BCUT2D eigenvalue weighted by atomic mass is 10.5. The van der Waals surface area contributed by atoms with Crippen molar-refractivity contribution in [3.8, 4) is 0 Å². The quantitative estimate of drug-likeness (QED) is 0.501. The molecule has 0 aliphatic rings. The molecule has 0 saturated heterocycles. The van der Waals surface area contributed by atoms with E-state index in [1.54, 1.807) is 0 Å². The molecule has 0 aromatic carbocycles. The van der Waals surface area contributed by atoms with Crippen LogP contribution in [-0.4, -0.2) is 28.4 Å². The van der Waals surface area contributed by atoms with E-state index in [1.165, 1.54) is 0 Å². The fourth-order valence-corrected chi connectivity index (χ4v) is 1.02. The Bertz CT molecular complexity index is 278. The smallest absolute Gasteiger partial charge is 0.224 e. The van der Waals surface area contributed by atoms with Crippen LogP contribution in [0, 0.1) is 0 Å². The van der Waals surface area contributed by atoms with Crippen LogP contribution >= 0.6 is 0 Å². The maximum atomic E-state index is 4.01. The monoisotopic (exact) mass is 181 g/mol. The van der Waals surface area contributed by atoms with E-state index in [9.17, 15) is 0 Å².